The van der Waals surface area contributed by atoms with Gasteiger partial charge in [0.2, 0.25) is 0 Å². The van der Waals surface area contributed by atoms with Gasteiger partial charge in [0.15, 0.2) is 17.3 Å². The third kappa shape index (κ3) is 6.78. The molecule has 0 unspecified atom stereocenters. The van der Waals surface area contributed by atoms with Gasteiger partial charge in [0.05, 0.1) is 41.6 Å². The number of fused-ring (bicyclic) bond motifs is 2. The summed E-state index contributed by atoms with van der Waals surface area (Å²) in [6, 6.07) is 12.9. The standard InChI is InChI=1S/C36H29F7N8O2/c1-49-29-10-4-21(14-22(29)16-46-49)30-45-15-23-18-50(19-28(23)47-30)31(52)26-13-20(3-9-27(26)36(41,42)43)17-51-32(53)34(48-33(51)44,11-2-12-35(38,39)40)24-5-7-25(37)8-6-24/h3-10,13-16H,2,11-12,17-19H2,1H3,(H2,44,48)/t34-/m1/s1. The van der Waals surface area contributed by atoms with E-state index in [9.17, 15) is 40.3 Å². The Morgan fingerprint density at radius 2 is 1.72 bits per heavy atom. The molecule has 10 nitrogen and oxygen atoms in total. The number of aryl methyl sites for hydroxylation is 1. The average Bonchev–Trinajstić information content (AvgIpc) is 3.77. The summed E-state index contributed by atoms with van der Waals surface area (Å²) < 4.78 is 97.5. The number of rotatable bonds is 8. The van der Waals surface area contributed by atoms with E-state index < -0.39 is 78.4 Å². The Hall–Kier alpha value is -5.87. The first-order chi connectivity index (χ1) is 25.0. The molecule has 0 spiro atoms. The summed E-state index contributed by atoms with van der Waals surface area (Å²) in [5.41, 5.74) is 5.08. The fourth-order valence-corrected chi connectivity index (χ4v) is 6.75. The molecule has 17 heteroatoms. The highest BCUT2D eigenvalue weighted by molar-refractivity contribution is 6.07. The van der Waals surface area contributed by atoms with Gasteiger partial charge in [-0.3, -0.25) is 19.2 Å². The van der Waals surface area contributed by atoms with Crippen molar-refractivity contribution in [3.63, 3.8) is 0 Å². The van der Waals surface area contributed by atoms with Crippen LogP contribution in [0.5, 0.6) is 0 Å². The largest absolute Gasteiger partial charge is 0.417 e. The number of carbonyl (C=O) groups excluding carboxylic acids is 2. The average molecular weight is 739 g/mol. The molecular weight excluding hydrogens is 709 g/mol. The van der Waals surface area contributed by atoms with Crippen LogP contribution in [0, 0.1) is 5.82 Å². The number of alkyl halides is 6. The van der Waals surface area contributed by atoms with Crippen molar-refractivity contribution >= 4 is 28.7 Å². The molecule has 0 saturated carbocycles. The summed E-state index contributed by atoms with van der Waals surface area (Å²) in [6.45, 7) is -0.603. The molecule has 5 aromatic rings. The number of amides is 2. The second-order valence-electron chi connectivity index (χ2n) is 12.9. The third-order valence-electron chi connectivity index (χ3n) is 9.41. The molecule has 4 heterocycles. The van der Waals surface area contributed by atoms with Crippen LogP contribution in [0.3, 0.4) is 0 Å². The van der Waals surface area contributed by atoms with Crippen LogP contribution in [0.15, 0.2) is 78.0 Å². The second kappa shape index (κ2) is 13.0. The molecule has 3 aromatic carbocycles. The van der Waals surface area contributed by atoms with Crippen LogP contribution in [-0.2, 0) is 43.2 Å². The van der Waals surface area contributed by atoms with Gasteiger partial charge in [-0.2, -0.15) is 31.4 Å². The first-order valence-electron chi connectivity index (χ1n) is 16.3. The number of hydrogen-bond acceptors (Lipinski definition) is 7. The van der Waals surface area contributed by atoms with Crippen molar-refractivity contribution in [2.24, 2.45) is 17.8 Å². The van der Waals surface area contributed by atoms with Gasteiger partial charge in [0.25, 0.3) is 11.8 Å². The fraction of sp³-hybridized carbons (Fsp3) is 0.278. The minimum Gasteiger partial charge on any atom is -0.369 e. The van der Waals surface area contributed by atoms with Gasteiger partial charge in [-0.1, -0.05) is 18.2 Å². The van der Waals surface area contributed by atoms with Gasteiger partial charge < -0.3 is 10.6 Å². The van der Waals surface area contributed by atoms with Gasteiger partial charge >= 0.3 is 12.4 Å². The first kappa shape index (κ1) is 35.5. The number of halogens is 7. The molecule has 0 aliphatic carbocycles. The lowest BCUT2D eigenvalue weighted by atomic mass is 9.84. The molecule has 1 atom stereocenters. The Morgan fingerprint density at radius 3 is 2.43 bits per heavy atom. The van der Waals surface area contributed by atoms with E-state index in [1.165, 1.54) is 23.2 Å². The number of hydrogen-bond donors (Lipinski definition) is 1. The SMILES string of the molecule is Cn1ncc2cc(-c3ncc4c(n3)CN(C(=O)c3cc(CN5C(=O)[C@@](CCCC(F)(F)F)(c6ccc(F)cc6)N=C5N)ccc3C(F)(F)F)C4)ccc21. The lowest BCUT2D eigenvalue weighted by Crippen LogP contribution is -2.42. The summed E-state index contributed by atoms with van der Waals surface area (Å²) in [5, 5.41) is 5.09. The smallest absolute Gasteiger partial charge is 0.369 e. The number of carbonyl (C=O) groups is 2. The molecule has 0 fully saturated rings. The van der Waals surface area contributed by atoms with Crippen molar-refractivity contribution in [1.82, 2.24) is 29.5 Å². The summed E-state index contributed by atoms with van der Waals surface area (Å²) in [5.74, 6) is -2.48. The van der Waals surface area contributed by atoms with E-state index in [2.05, 4.69) is 20.1 Å². The summed E-state index contributed by atoms with van der Waals surface area (Å²) >= 11 is 0. The molecule has 0 saturated heterocycles. The number of guanidine groups is 1. The zero-order valence-electron chi connectivity index (χ0n) is 27.8. The summed E-state index contributed by atoms with van der Waals surface area (Å²) in [6.07, 6.45) is -8.39. The molecule has 2 amide bonds. The zero-order valence-corrected chi connectivity index (χ0v) is 27.8. The van der Waals surface area contributed by atoms with Crippen molar-refractivity contribution in [2.75, 3.05) is 0 Å². The van der Waals surface area contributed by atoms with E-state index in [0.29, 0.717) is 22.6 Å². The van der Waals surface area contributed by atoms with Crippen LogP contribution in [0.25, 0.3) is 22.3 Å². The van der Waals surface area contributed by atoms with E-state index in [4.69, 9.17) is 5.73 Å². The predicted molar refractivity (Wildman–Crippen MR) is 177 cm³/mol. The van der Waals surface area contributed by atoms with Crippen molar-refractivity contribution in [3.8, 4) is 11.4 Å². The van der Waals surface area contributed by atoms with E-state index in [0.717, 1.165) is 46.1 Å². The predicted octanol–water partition coefficient (Wildman–Crippen LogP) is 6.63. The molecule has 2 aromatic heterocycles. The van der Waals surface area contributed by atoms with E-state index >= 15 is 0 Å². The monoisotopic (exact) mass is 738 g/mol. The van der Waals surface area contributed by atoms with Crippen LogP contribution < -0.4 is 5.73 Å². The van der Waals surface area contributed by atoms with Crippen LogP contribution in [0.1, 0.15) is 57.6 Å². The van der Waals surface area contributed by atoms with E-state index in [1.54, 1.807) is 10.9 Å². The molecular formula is C36H29F7N8O2. The maximum Gasteiger partial charge on any atom is 0.417 e. The van der Waals surface area contributed by atoms with Gasteiger partial charge in [-0.05, 0) is 66.4 Å². The Bertz CT molecular complexity index is 2280. The van der Waals surface area contributed by atoms with Crippen LogP contribution in [0.4, 0.5) is 30.7 Å². The van der Waals surface area contributed by atoms with Crippen LogP contribution in [0.2, 0.25) is 0 Å². The fourth-order valence-electron chi connectivity index (χ4n) is 6.75. The maximum absolute atomic E-state index is 14.3. The summed E-state index contributed by atoms with van der Waals surface area (Å²) in [7, 11) is 1.81. The molecule has 274 valence electrons. The van der Waals surface area contributed by atoms with Crippen molar-refractivity contribution < 1.29 is 40.3 Å². The van der Waals surface area contributed by atoms with E-state index in [-0.39, 0.29) is 24.2 Å². The quantitative estimate of drug-likeness (QED) is 0.179. The normalized spacial score (nSPS) is 17.5. The highest BCUT2D eigenvalue weighted by atomic mass is 19.4. The highest BCUT2D eigenvalue weighted by Crippen LogP contribution is 2.41. The van der Waals surface area contributed by atoms with Crippen molar-refractivity contribution in [2.45, 2.75) is 56.8 Å². The Balaban J connectivity index is 1.15. The van der Waals surface area contributed by atoms with Crippen molar-refractivity contribution in [1.29, 1.82) is 0 Å². The molecule has 2 aliphatic heterocycles. The lowest BCUT2D eigenvalue weighted by molar-refractivity contribution is -0.139. The summed E-state index contributed by atoms with van der Waals surface area (Å²) in [4.78, 5) is 43.2. The molecule has 0 bridgehead atoms. The minimum absolute atomic E-state index is 0.0556. The minimum atomic E-state index is -4.92. The first-order valence-corrected chi connectivity index (χ1v) is 16.3. The molecule has 2 N–H and O–H groups in total. The van der Waals surface area contributed by atoms with E-state index in [1.807, 2.05) is 25.2 Å². The number of aromatic nitrogens is 4. The van der Waals surface area contributed by atoms with Gasteiger partial charge in [0.1, 0.15) is 5.82 Å². The molecule has 53 heavy (non-hydrogen) atoms. The molecule has 0 radical (unpaired) electrons. The van der Waals surface area contributed by atoms with Gasteiger partial charge in [0, 0.05) is 42.7 Å². The van der Waals surface area contributed by atoms with Gasteiger partial charge in [-0.25, -0.2) is 19.4 Å². The Morgan fingerprint density at radius 1 is 0.962 bits per heavy atom. The highest BCUT2D eigenvalue weighted by Gasteiger charge is 2.49. The number of nitrogens with zero attached hydrogens (tertiary/aromatic N) is 7. The molecule has 7 rings (SSSR count). The maximum atomic E-state index is 14.3. The molecule has 2 aliphatic rings. The zero-order chi connectivity index (χ0) is 37.9. The Labute approximate surface area is 296 Å². The Kier molecular flexibility index (Phi) is 8.69. The number of benzene rings is 3. The lowest BCUT2D eigenvalue weighted by Gasteiger charge is -2.27. The van der Waals surface area contributed by atoms with Crippen LogP contribution in [-0.4, -0.2) is 53.5 Å². The number of aliphatic imine (C=N–C) groups is 1. The van der Waals surface area contributed by atoms with Gasteiger partial charge in [-0.15, -0.1) is 0 Å². The number of nitrogens with two attached hydrogens (primary N) is 1. The van der Waals surface area contributed by atoms with Crippen molar-refractivity contribution in [3.05, 3.63) is 112 Å². The third-order valence-corrected chi connectivity index (χ3v) is 9.41. The second-order valence-corrected chi connectivity index (χ2v) is 12.9. The topological polar surface area (TPSA) is 123 Å². The van der Waals surface area contributed by atoms with Crippen LogP contribution >= 0.6 is 0 Å².